The molecule has 0 aliphatic heterocycles. The molecule has 3 heteroatoms. The number of hydrogen-bond donors (Lipinski definition) is 0. The topological polar surface area (TPSA) is 3.24 Å². The highest BCUT2D eigenvalue weighted by atomic mass is 35.5. The summed E-state index contributed by atoms with van der Waals surface area (Å²) in [6.07, 6.45) is 2.37. The fourth-order valence-corrected chi connectivity index (χ4v) is 2.26. The summed E-state index contributed by atoms with van der Waals surface area (Å²) in [6, 6.07) is 6.43. The molecule has 1 aromatic rings. The van der Waals surface area contributed by atoms with E-state index in [0.717, 1.165) is 10.6 Å². The molecule has 1 unspecified atom stereocenters. The number of rotatable bonds is 5. The summed E-state index contributed by atoms with van der Waals surface area (Å²) in [6.45, 7) is 4.44. The Morgan fingerprint density at radius 2 is 2.06 bits per heavy atom. The predicted octanol–water partition coefficient (Wildman–Crippen LogP) is 4.70. The number of halogens is 2. The Balaban J connectivity index is 2.93. The van der Waals surface area contributed by atoms with Crippen LogP contribution in [-0.2, 0) is 5.88 Å². The van der Waals surface area contributed by atoms with Crippen LogP contribution in [0.2, 0.25) is 5.02 Å². The highest BCUT2D eigenvalue weighted by Gasteiger charge is 2.12. The normalized spacial score (nSPS) is 12.6. The number of hydrogen-bond acceptors (Lipinski definition) is 1. The molecule has 0 N–H and O–H groups in total. The first-order valence-electron chi connectivity index (χ1n) is 5.67. The fourth-order valence-electron chi connectivity index (χ4n) is 1.85. The largest absolute Gasteiger partial charge is 0.372 e. The van der Waals surface area contributed by atoms with Crippen LogP contribution >= 0.6 is 23.2 Å². The molecule has 0 amide bonds. The van der Waals surface area contributed by atoms with Crippen molar-refractivity contribution in [1.82, 2.24) is 0 Å². The van der Waals surface area contributed by atoms with Gasteiger partial charge < -0.3 is 4.90 Å². The van der Waals surface area contributed by atoms with Crippen molar-refractivity contribution < 1.29 is 0 Å². The molecular weight excluding hydrogens is 241 g/mol. The van der Waals surface area contributed by atoms with Crippen molar-refractivity contribution in [1.29, 1.82) is 0 Å². The summed E-state index contributed by atoms with van der Waals surface area (Å²) in [5.74, 6) is 0.499. The van der Waals surface area contributed by atoms with Crippen LogP contribution in [0.1, 0.15) is 32.3 Å². The van der Waals surface area contributed by atoms with Crippen molar-refractivity contribution in [3.8, 4) is 0 Å². The first-order chi connectivity index (χ1) is 7.60. The first-order valence-corrected chi connectivity index (χ1v) is 6.58. The van der Waals surface area contributed by atoms with Gasteiger partial charge in [-0.05, 0) is 37.1 Å². The van der Waals surface area contributed by atoms with E-state index in [0.29, 0.717) is 11.9 Å². The van der Waals surface area contributed by atoms with E-state index in [4.69, 9.17) is 23.2 Å². The minimum atomic E-state index is 0.499. The molecule has 1 nitrogen and oxygen atoms in total. The van der Waals surface area contributed by atoms with Gasteiger partial charge in [-0.25, -0.2) is 0 Å². The van der Waals surface area contributed by atoms with Gasteiger partial charge in [-0.1, -0.05) is 24.9 Å². The van der Waals surface area contributed by atoms with Gasteiger partial charge in [0.1, 0.15) is 0 Å². The molecule has 1 atom stereocenters. The number of nitrogens with zero attached hydrogens (tertiary/aromatic N) is 1. The maximum Gasteiger partial charge on any atom is 0.0495 e. The summed E-state index contributed by atoms with van der Waals surface area (Å²) in [7, 11) is 2.11. The summed E-state index contributed by atoms with van der Waals surface area (Å²) >= 11 is 11.9. The third kappa shape index (κ3) is 3.29. The summed E-state index contributed by atoms with van der Waals surface area (Å²) in [4.78, 5) is 2.28. The van der Waals surface area contributed by atoms with Gasteiger partial charge in [0.25, 0.3) is 0 Å². The second-order valence-electron chi connectivity index (χ2n) is 4.16. The smallest absolute Gasteiger partial charge is 0.0495 e. The molecule has 1 aromatic carbocycles. The zero-order chi connectivity index (χ0) is 12.1. The van der Waals surface area contributed by atoms with Crippen molar-refractivity contribution in [3.05, 3.63) is 28.8 Å². The van der Waals surface area contributed by atoms with Crippen LogP contribution in [0.5, 0.6) is 0 Å². The highest BCUT2D eigenvalue weighted by molar-refractivity contribution is 6.30. The number of benzene rings is 1. The van der Waals surface area contributed by atoms with Crippen molar-refractivity contribution in [3.63, 3.8) is 0 Å². The molecule has 0 aliphatic carbocycles. The van der Waals surface area contributed by atoms with Gasteiger partial charge >= 0.3 is 0 Å². The minimum absolute atomic E-state index is 0.499. The van der Waals surface area contributed by atoms with Gasteiger partial charge in [-0.15, -0.1) is 11.6 Å². The third-order valence-electron chi connectivity index (χ3n) is 2.93. The van der Waals surface area contributed by atoms with Crippen molar-refractivity contribution in [2.45, 2.75) is 38.6 Å². The van der Waals surface area contributed by atoms with E-state index in [9.17, 15) is 0 Å². The monoisotopic (exact) mass is 259 g/mol. The van der Waals surface area contributed by atoms with Gasteiger partial charge in [0.15, 0.2) is 0 Å². The zero-order valence-corrected chi connectivity index (χ0v) is 11.6. The summed E-state index contributed by atoms with van der Waals surface area (Å²) in [5, 5.41) is 0.746. The summed E-state index contributed by atoms with van der Waals surface area (Å²) in [5.41, 5.74) is 2.28. The van der Waals surface area contributed by atoms with Gasteiger partial charge in [0.2, 0.25) is 0 Å². The Morgan fingerprint density at radius 1 is 1.38 bits per heavy atom. The van der Waals surface area contributed by atoms with Crippen LogP contribution in [0.3, 0.4) is 0 Å². The second kappa shape index (κ2) is 6.36. The van der Waals surface area contributed by atoms with Crippen LogP contribution in [0, 0.1) is 0 Å². The number of alkyl halides is 1. The van der Waals surface area contributed by atoms with Crippen molar-refractivity contribution in [2.75, 3.05) is 11.9 Å². The number of anilines is 1. The average Bonchev–Trinajstić information content (AvgIpc) is 2.28. The maximum atomic E-state index is 5.96. The molecule has 0 saturated heterocycles. The molecule has 0 aromatic heterocycles. The molecule has 0 aliphatic rings. The van der Waals surface area contributed by atoms with E-state index in [1.165, 1.54) is 18.5 Å². The lowest BCUT2D eigenvalue weighted by Gasteiger charge is -2.28. The van der Waals surface area contributed by atoms with E-state index < -0.39 is 0 Å². The first kappa shape index (κ1) is 13.7. The van der Waals surface area contributed by atoms with Gasteiger partial charge in [-0.2, -0.15) is 0 Å². The third-order valence-corrected chi connectivity index (χ3v) is 3.46. The molecule has 0 bridgehead atoms. The Morgan fingerprint density at radius 3 is 2.62 bits per heavy atom. The lowest BCUT2D eigenvalue weighted by Crippen LogP contribution is -2.29. The molecule has 0 radical (unpaired) electrons. The molecule has 0 saturated carbocycles. The molecule has 0 heterocycles. The second-order valence-corrected chi connectivity index (χ2v) is 4.86. The van der Waals surface area contributed by atoms with Crippen molar-refractivity contribution in [2.24, 2.45) is 0 Å². The van der Waals surface area contributed by atoms with E-state index in [1.807, 2.05) is 18.2 Å². The van der Waals surface area contributed by atoms with Crippen LogP contribution < -0.4 is 4.90 Å². The zero-order valence-electron chi connectivity index (χ0n) is 10.1. The van der Waals surface area contributed by atoms with Crippen molar-refractivity contribution >= 4 is 28.9 Å². The van der Waals surface area contributed by atoms with Gasteiger partial charge in [-0.3, -0.25) is 0 Å². The van der Waals surface area contributed by atoms with Crippen LogP contribution in [0.4, 0.5) is 5.69 Å². The van der Waals surface area contributed by atoms with Gasteiger partial charge in [0, 0.05) is 29.7 Å². The van der Waals surface area contributed by atoms with E-state index in [1.54, 1.807) is 0 Å². The lowest BCUT2D eigenvalue weighted by atomic mass is 10.1. The lowest BCUT2D eigenvalue weighted by molar-refractivity contribution is 0.615. The molecule has 0 fully saturated rings. The Bertz CT molecular complexity index is 339. The molecule has 16 heavy (non-hydrogen) atoms. The Kier molecular flexibility index (Phi) is 5.43. The standard InChI is InChI=1S/C13H19Cl2N/c1-4-5-10(2)16(3)13-7-6-12(15)8-11(13)9-14/h6-8,10H,4-5,9H2,1-3H3. The fraction of sp³-hybridized carbons (Fsp3) is 0.538. The molecule has 0 spiro atoms. The molecular formula is C13H19Cl2N. The van der Waals surface area contributed by atoms with Crippen LogP contribution in [0.15, 0.2) is 18.2 Å². The minimum Gasteiger partial charge on any atom is -0.372 e. The van der Waals surface area contributed by atoms with Gasteiger partial charge in [0.05, 0.1) is 0 Å². The molecule has 90 valence electrons. The predicted molar refractivity (Wildman–Crippen MR) is 73.8 cm³/mol. The quantitative estimate of drug-likeness (QED) is 0.693. The molecule has 1 rings (SSSR count). The van der Waals surface area contributed by atoms with Crippen LogP contribution in [-0.4, -0.2) is 13.1 Å². The van der Waals surface area contributed by atoms with Crippen LogP contribution in [0.25, 0.3) is 0 Å². The Hall–Kier alpha value is -0.400. The van der Waals surface area contributed by atoms with E-state index in [-0.39, 0.29) is 0 Å². The maximum absolute atomic E-state index is 5.96. The van der Waals surface area contributed by atoms with E-state index in [2.05, 4.69) is 25.8 Å². The Labute approximate surface area is 108 Å². The SMILES string of the molecule is CCCC(C)N(C)c1ccc(Cl)cc1CCl. The van der Waals surface area contributed by atoms with E-state index >= 15 is 0 Å². The average molecular weight is 260 g/mol. The summed E-state index contributed by atoms with van der Waals surface area (Å²) < 4.78 is 0. The highest BCUT2D eigenvalue weighted by Crippen LogP contribution is 2.27.